The topological polar surface area (TPSA) is 42.9 Å². The van der Waals surface area contributed by atoms with Gasteiger partial charge in [0.05, 0.1) is 6.20 Å². The molecule has 0 unspecified atom stereocenters. The van der Waals surface area contributed by atoms with E-state index in [-0.39, 0.29) is 10.7 Å². The van der Waals surface area contributed by atoms with Gasteiger partial charge in [-0.15, -0.1) is 0 Å². The normalized spacial score (nSPS) is 10.1. The Morgan fingerprint density at radius 3 is 2.81 bits per heavy atom. The molecule has 0 aliphatic rings. The Kier molecular flexibility index (Phi) is 2.92. The van der Waals surface area contributed by atoms with Gasteiger partial charge >= 0.3 is 0 Å². The van der Waals surface area contributed by atoms with Crippen LogP contribution < -0.4 is 0 Å². The average Bonchev–Trinajstić information content (AvgIpc) is 2.30. The number of nitrogens with zero attached hydrogens (tertiary/aromatic N) is 2. The van der Waals surface area contributed by atoms with Crippen molar-refractivity contribution < 1.29 is 9.18 Å². The van der Waals surface area contributed by atoms with Crippen molar-refractivity contribution >= 4 is 17.9 Å². The predicted molar refractivity (Wildman–Crippen MR) is 57.8 cm³/mol. The summed E-state index contributed by atoms with van der Waals surface area (Å²) in [6.07, 6.45) is 4.51. The molecule has 80 valence electrons. The van der Waals surface area contributed by atoms with E-state index in [1.807, 2.05) is 0 Å². The molecule has 0 fully saturated rings. The van der Waals surface area contributed by atoms with E-state index < -0.39 is 5.82 Å². The molecule has 5 heteroatoms. The van der Waals surface area contributed by atoms with Gasteiger partial charge in [0, 0.05) is 29.1 Å². The Morgan fingerprint density at radius 2 is 2.12 bits per heavy atom. The number of hydrogen-bond donors (Lipinski definition) is 0. The van der Waals surface area contributed by atoms with Crippen LogP contribution in [0.2, 0.25) is 5.15 Å². The summed E-state index contributed by atoms with van der Waals surface area (Å²) < 4.78 is 13.5. The number of carbonyl (C=O) groups excluding carboxylic acids is 1. The first-order valence-electron chi connectivity index (χ1n) is 4.43. The zero-order chi connectivity index (χ0) is 11.5. The quantitative estimate of drug-likeness (QED) is 0.595. The van der Waals surface area contributed by atoms with Crippen molar-refractivity contribution in [1.82, 2.24) is 9.97 Å². The first-order chi connectivity index (χ1) is 7.72. The summed E-state index contributed by atoms with van der Waals surface area (Å²) in [6, 6.07) is 2.87. The van der Waals surface area contributed by atoms with Crippen LogP contribution in [-0.2, 0) is 0 Å². The highest BCUT2D eigenvalue weighted by Crippen LogP contribution is 2.25. The van der Waals surface area contributed by atoms with E-state index in [1.54, 1.807) is 0 Å². The molecular weight excluding hydrogens is 231 g/mol. The van der Waals surface area contributed by atoms with Gasteiger partial charge in [0.25, 0.3) is 0 Å². The SMILES string of the molecule is O=Cc1cc(Cl)ncc1-c1ccncc1F. The van der Waals surface area contributed by atoms with Crippen LogP contribution in [0.3, 0.4) is 0 Å². The number of rotatable bonds is 2. The van der Waals surface area contributed by atoms with Crippen molar-refractivity contribution in [3.8, 4) is 11.1 Å². The van der Waals surface area contributed by atoms with Crippen molar-refractivity contribution in [2.45, 2.75) is 0 Å². The lowest BCUT2D eigenvalue weighted by atomic mass is 10.0. The minimum atomic E-state index is -0.505. The molecule has 2 rings (SSSR count). The molecule has 3 nitrogen and oxygen atoms in total. The van der Waals surface area contributed by atoms with Gasteiger partial charge in [-0.1, -0.05) is 11.6 Å². The molecule has 2 aromatic rings. The second-order valence-electron chi connectivity index (χ2n) is 3.07. The zero-order valence-electron chi connectivity index (χ0n) is 8.02. The fraction of sp³-hybridized carbons (Fsp3) is 0. The second-order valence-corrected chi connectivity index (χ2v) is 3.45. The van der Waals surface area contributed by atoms with Gasteiger partial charge in [-0.3, -0.25) is 9.78 Å². The van der Waals surface area contributed by atoms with Crippen LogP contribution in [0.15, 0.2) is 30.7 Å². The molecule has 0 spiro atoms. The summed E-state index contributed by atoms with van der Waals surface area (Å²) in [5, 5.41) is 0.195. The summed E-state index contributed by atoms with van der Waals surface area (Å²) in [7, 11) is 0. The molecular formula is C11H6ClFN2O. The molecule has 0 saturated carbocycles. The lowest BCUT2D eigenvalue weighted by Gasteiger charge is -2.05. The number of hydrogen-bond acceptors (Lipinski definition) is 3. The van der Waals surface area contributed by atoms with E-state index in [0.717, 1.165) is 6.20 Å². The van der Waals surface area contributed by atoms with Gasteiger partial charge in [0.15, 0.2) is 6.29 Å². The minimum Gasteiger partial charge on any atom is -0.298 e. The number of aldehydes is 1. The number of aromatic nitrogens is 2. The molecule has 0 radical (unpaired) electrons. The van der Waals surface area contributed by atoms with Gasteiger partial charge in [-0.2, -0.15) is 0 Å². The first-order valence-corrected chi connectivity index (χ1v) is 4.81. The number of carbonyl (C=O) groups is 1. The smallest absolute Gasteiger partial charge is 0.150 e. The minimum absolute atomic E-state index is 0.195. The molecule has 0 atom stereocenters. The summed E-state index contributed by atoms with van der Waals surface area (Å²) in [6.45, 7) is 0. The Labute approximate surface area is 95.9 Å². The van der Waals surface area contributed by atoms with E-state index in [0.29, 0.717) is 17.4 Å². The molecule has 2 aromatic heterocycles. The Morgan fingerprint density at radius 1 is 1.31 bits per heavy atom. The standard InChI is InChI=1S/C11H6ClFN2O/c12-11-3-7(6-16)9(4-15-11)8-1-2-14-5-10(8)13/h1-6H. The van der Waals surface area contributed by atoms with Crippen molar-refractivity contribution in [2.24, 2.45) is 0 Å². The molecule has 2 heterocycles. The lowest BCUT2D eigenvalue weighted by Crippen LogP contribution is -1.93. The zero-order valence-corrected chi connectivity index (χ0v) is 8.78. The van der Waals surface area contributed by atoms with Crippen LogP contribution in [0.5, 0.6) is 0 Å². The van der Waals surface area contributed by atoms with Crippen LogP contribution in [0.4, 0.5) is 4.39 Å². The molecule has 0 N–H and O–H groups in total. The molecule has 0 aliphatic carbocycles. The predicted octanol–water partition coefficient (Wildman–Crippen LogP) is 2.75. The molecule has 16 heavy (non-hydrogen) atoms. The molecule has 0 amide bonds. The highest BCUT2D eigenvalue weighted by molar-refractivity contribution is 6.29. The van der Waals surface area contributed by atoms with Crippen LogP contribution in [0, 0.1) is 5.82 Å². The fourth-order valence-corrected chi connectivity index (χ4v) is 1.53. The molecule has 0 saturated heterocycles. The van der Waals surface area contributed by atoms with Gasteiger partial charge in [-0.25, -0.2) is 9.37 Å². The van der Waals surface area contributed by atoms with Gasteiger partial charge < -0.3 is 0 Å². The van der Waals surface area contributed by atoms with E-state index in [2.05, 4.69) is 9.97 Å². The van der Waals surface area contributed by atoms with Crippen molar-refractivity contribution in [2.75, 3.05) is 0 Å². The van der Waals surface area contributed by atoms with E-state index in [9.17, 15) is 9.18 Å². The Balaban J connectivity index is 2.65. The van der Waals surface area contributed by atoms with Gasteiger partial charge in [-0.05, 0) is 12.1 Å². The third kappa shape index (κ3) is 1.92. The van der Waals surface area contributed by atoms with Crippen molar-refractivity contribution in [3.63, 3.8) is 0 Å². The lowest BCUT2D eigenvalue weighted by molar-refractivity contribution is 0.112. The van der Waals surface area contributed by atoms with Crippen LogP contribution >= 0.6 is 11.6 Å². The summed E-state index contributed by atoms with van der Waals surface area (Å²) in [5.74, 6) is -0.505. The van der Waals surface area contributed by atoms with Crippen LogP contribution in [0.1, 0.15) is 10.4 Å². The highest BCUT2D eigenvalue weighted by atomic mass is 35.5. The number of pyridine rings is 2. The maximum Gasteiger partial charge on any atom is 0.150 e. The third-order valence-corrected chi connectivity index (χ3v) is 2.30. The Hall–Kier alpha value is -1.81. The molecule has 0 aromatic carbocycles. The maximum absolute atomic E-state index is 13.5. The first kappa shape index (κ1) is 10.7. The second kappa shape index (κ2) is 4.37. The monoisotopic (exact) mass is 236 g/mol. The van der Waals surface area contributed by atoms with Crippen LogP contribution in [-0.4, -0.2) is 16.3 Å². The van der Waals surface area contributed by atoms with Crippen molar-refractivity contribution in [1.29, 1.82) is 0 Å². The Bertz CT molecular complexity index is 545. The van der Waals surface area contributed by atoms with Crippen molar-refractivity contribution in [3.05, 3.63) is 47.3 Å². The van der Waals surface area contributed by atoms with E-state index in [1.165, 1.54) is 24.5 Å². The van der Waals surface area contributed by atoms with Gasteiger partial charge in [0.1, 0.15) is 11.0 Å². The van der Waals surface area contributed by atoms with E-state index in [4.69, 9.17) is 11.6 Å². The van der Waals surface area contributed by atoms with E-state index >= 15 is 0 Å². The highest BCUT2D eigenvalue weighted by Gasteiger charge is 2.10. The molecule has 0 bridgehead atoms. The third-order valence-electron chi connectivity index (χ3n) is 2.09. The largest absolute Gasteiger partial charge is 0.298 e. The molecule has 0 aliphatic heterocycles. The van der Waals surface area contributed by atoms with Gasteiger partial charge in [0.2, 0.25) is 0 Å². The average molecular weight is 237 g/mol. The fourth-order valence-electron chi connectivity index (χ4n) is 1.36. The summed E-state index contributed by atoms with van der Waals surface area (Å²) in [5.41, 5.74) is 0.977. The number of halogens is 2. The summed E-state index contributed by atoms with van der Waals surface area (Å²) in [4.78, 5) is 18.3. The van der Waals surface area contributed by atoms with Crippen LogP contribution in [0.25, 0.3) is 11.1 Å². The summed E-state index contributed by atoms with van der Waals surface area (Å²) >= 11 is 5.65. The maximum atomic E-state index is 13.5.